The zero-order valence-corrected chi connectivity index (χ0v) is 23.6. The van der Waals surface area contributed by atoms with Gasteiger partial charge in [0.05, 0.1) is 13.7 Å². The van der Waals surface area contributed by atoms with Gasteiger partial charge in [0.15, 0.2) is 0 Å². The van der Waals surface area contributed by atoms with E-state index in [9.17, 15) is 19.2 Å². The van der Waals surface area contributed by atoms with Crippen molar-refractivity contribution in [2.24, 2.45) is 11.8 Å². The van der Waals surface area contributed by atoms with Crippen LogP contribution in [0.5, 0.6) is 5.75 Å². The predicted molar refractivity (Wildman–Crippen MR) is 152 cm³/mol. The molecule has 0 bridgehead atoms. The second-order valence-corrected chi connectivity index (χ2v) is 11.2. The number of ether oxygens (including phenoxy) is 1. The number of nitrogens with zero attached hydrogens (tertiary/aromatic N) is 2. The van der Waals surface area contributed by atoms with Crippen LogP contribution in [0, 0.1) is 23.7 Å². The summed E-state index contributed by atoms with van der Waals surface area (Å²) >= 11 is 0. The highest BCUT2D eigenvalue weighted by Crippen LogP contribution is 2.28. The summed E-state index contributed by atoms with van der Waals surface area (Å²) in [4.78, 5) is 55.3. The molecule has 0 spiro atoms. The summed E-state index contributed by atoms with van der Waals surface area (Å²) in [6.07, 6.45) is 10.0. The summed E-state index contributed by atoms with van der Waals surface area (Å²) in [5.74, 6) is 5.83. The molecule has 2 unspecified atom stereocenters. The molecule has 0 saturated carbocycles. The van der Waals surface area contributed by atoms with Crippen molar-refractivity contribution in [2.75, 3.05) is 33.8 Å². The summed E-state index contributed by atoms with van der Waals surface area (Å²) in [6.45, 7) is 3.97. The Labute approximate surface area is 239 Å². The molecule has 2 saturated heterocycles. The lowest BCUT2D eigenvalue weighted by Gasteiger charge is -2.28. The third-order valence-corrected chi connectivity index (χ3v) is 7.92. The second kappa shape index (κ2) is 11.6. The number of fused-ring (bicyclic) bond motifs is 1. The molecule has 1 aliphatic carbocycles. The van der Waals surface area contributed by atoms with Crippen LogP contribution >= 0.6 is 0 Å². The molecule has 3 aliphatic heterocycles. The lowest BCUT2D eigenvalue weighted by atomic mass is 9.95. The molecule has 5 amide bonds. The van der Waals surface area contributed by atoms with Crippen molar-refractivity contribution in [1.82, 2.24) is 25.8 Å². The molecule has 4 aliphatic rings. The van der Waals surface area contributed by atoms with Gasteiger partial charge >= 0.3 is 6.03 Å². The third kappa shape index (κ3) is 6.20. The van der Waals surface area contributed by atoms with Crippen molar-refractivity contribution >= 4 is 23.8 Å². The minimum Gasteiger partial charge on any atom is -0.497 e. The van der Waals surface area contributed by atoms with Crippen molar-refractivity contribution in [3.63, 3.8) is 0 Å². The molecule has 2 fully saturated rings. The van der Waals surface area contributed by atoms with Crippen LogP contribution in [0.25, 0.3) is 0 Å². The van der Waals surface area contributed by atoms with E-state index in [1.165, 1.54) is 12.0 Å². The zero-order chi connectivity index (χ0) is 29.1. The van der Waals surface area contributed by atoms with Crippen molar-refractivity contribution in [3.05, 3.63) is 64.9 Å². The minimum atomic E-state index is -1.63. The molecule has 10 heteroatoms. The van der Waals surface area contributed by atoms with Crippen molar-refractivity contribution < 1.29 is 23.9 Å². The van der Waals surface area contributed by atoms with Crippen LogP contribution in [0.15, 0.2) is 53.8 Å². The van der Waals surface area contributed by atoms with E-state index < -0.39 is 17.5 Å². The van der Waals surface area contributed by atoms with Gasteiger partial charge in [-0.25, -0.2) is 4.79 Å². The monoisotopic (exact) mass is 557 g/mol. The highest BCUT2D eigenvalue weighted by Gasteiger charge is 2.48. The first-order valence-electron chi connectivity index (χ1n) is 13.9. The van der Waals surface area contributed by atoms with E-state index in [-0.39, 0.29) is 36.7 Å². The van der Waals surface area contributed by atoms with Gasteiger partial charge in [-0.05, 0) is 75.2 Å². The molecule has 0 aromatic heterocycles. The Bertz CT molecular complexity index is 1430. The average Bonchev–Trinajstić information content (AvgIpc) is 3.39. The molecule has 41 heavy (non-hydrogen) atoms. The molecule has 5 rings (SSSR count). The molecular weight excluding hydrogens is 522 g/mol. The Kier molecular flexibility index (Phi) is 7.99. The van der Waals surface area contributed by atoms with E-state index in [1.807, 2.05) is 24.3 Å². The fourth-order valence-corrected chi connectivity index (χ4v) is 5.51. The Hall–Kier alpha value is -4.36. The Morgan fingerprint density at radius 3 is 2.71 bits per heavy atom. The number of hydrogen-bond acceptors (Lipinski definition) is 6. The lowest BCUT2D eigenvalue weighted by Crippen LogP contribution is -2.54. The van der Waals surface area contributed by atoms with Crippen LogP contribution in [0.2, 0.25) is 0 Å². The number of methoxy groups -OCH3 is 1. The first kappa shape index (κ1) is 28.2. The van der Waals surface area contributed by atoms with Crippen LogP contribution in [0.3, 0.4) is 0 Å². The van der Waals surface area contributed by atoms with Gasteiger partial charge in [-0.3, -0.25) is 19.7 Å². The number of benzene rings is 1. The molecule has 0 radical (unpaired) electrons. The van der Waals surface area contributed by atoms with E-state index in [0.717, 1.165) is 37.9 Å². The number of imide groups is 1. The first-order chi connectivity index (χ1) is 19.7. The maximum Gasteiger partial charge on any atom is 0.323 e. The van der Waals surface area contributed by atoms with E-state index in [4.69, 9.17) is 4.74 Å². The number of likely N-dealkylation sites (tertiary alicyclic amines) is 1. The van der Waals surface area contributed by atoms with Crippen molar-refractivity contribution in [1.29, 1.82) is 0 Å². The second-order valence-electron chi connectivity index (χ2n) is 11.2. The van der Waals surface area contributed by atoms with Gasteiger partial charge in [0.25, 0.3) is 11.8 Å². The molecule has 214 valence electrons. The number of rotatable bonds is 5. The summed E-state index contributed by atoms with van der Waals surface area (Å²) in [5.41, 5.74) is 0.893. The number of piperidine rings is 1. The summed E-state index contributed by atoms with van der Waals surface area (Å²) in [7, 11) is 3.59. The molecule has 1 aromatic rings. The topological polar surface area (TPSA) is 120 Å². The SMILES string of the molecule is COc1ccc2c(c1)C(=O)N(CC1(C#CC3=CC(C)CC=CC(NC(=O)C4CCN(C)CC4)=C3)NC(=O)NC1=O)C2. The predicted octanol–water partition coefficient (Wildman–Crippen LogP) is 2.10. The van der Waals surface area contributed by atoms with Crippen LogP contribution in [-0.4, -0.2) is 72.9 Å². The van der Waals surface area contributed by atoms with Gasteiger partial charge in [0, 0.05) is 29.3 Å². The first-order valence-corrected chi connectivity index (χ1v) is 13.9. The summed E-state index contributed by atoms with van der Waals surface area (Å²) in [6, 6.07) is 4.60. The number of allylic oxidation sites excluding steroid dienone is 5. The van der Waals surface area contributed by atoms with Crippen LogP contribution < -0.4 is 20.7 Å². The largest absolute Gasteiger partial charge is 0.497 e. The number of nitrogens with one attached hydrogen (secondary N) is 3. The number of urea groups is 1. The van der Waals surface area contributed by atoms with E-state index in [2.05, 4.69) is 46.7 Å². The third-order valence-electron chi connectivity index (χ3n) is 7.92. The quantitative estimate of drug-likeness (QED) is 0.377. The number of carbonyl (C=O) groups excluding carboxylic acids is 4. The Morgan fingerprint density at radius 2 is 2.00 bits per heavy atom. The molecule has 3 heterocycles. The van der Waals surface area contributed by atoms with E-state index in [1.54, 1.807) is 18.2 Å². The average molecular weight is 558 g/mol. The molecular formula is C31H35N5O5. The number of carbonyl (C=O) groups is 4. The summed E-state index contributed by atoms with van der Waals surface area (Å²) < 4.78 is 5.25. The van der Waals surface area contributed by atoms with Gasteiger partial charge in [-0.1, -0.05) is 37.0 Å². The maximum atomic E-state index is 13.2. The van der Waals surface area contributed by atoms with E-state index >= 15 is 0 Å². The molecule has 10 nitrogen and oxygen atoms in total. The Morgan fingerprint density at radius 1 is 1.22 bits per heavy atom. The van der Waals surface area contributed by atoms with Crippen LogP contribution in [-0.2, 0) is 16.1 Å². The Balaban J connectivity index is 1.39. The van der Waals surface area contributed by atoms with Crippen LogP contribution in [0.1, 0.15) is 42.1 Å². The highest BCUT2D eigenvalue weighted by molar-refractivity contribution is 6.10. The normalized spacial score (nSPS) is 24.7. The van der Waals surface area contributed by atoms with Gasteiger partial charge < -0.3 is 25.2 Å². The van der Waals surface area contributed by atoms with Gasteiger partial charge in [-0.2, -0.15) is 0 Å². The lowest BCUT2D eigenvalue weighted by molar-refractivity contribution is -0.125. The summed E-state index contributed by atoms with van der Waals surface area (Å²) in [5, 5.41) is 7.98. The van der Waals surface area contributed by atoms with Gasteiger partial charge in [0.1, 0.15) is 5.75 Å². The van der Waals surface area contributed by atoms with Gasteiger partial charge in [0.2, 0.25) is 11.4 Å². The van der Waals surface area contributed by atoms with Crippen LogP contribution in [0.4, 0.5) is 4.79 Å². The molecule has 2 atom stereocenters. The fourth-order valence-electron chi connectivity index (χ4n) is 5.51. The standard InChI is InChI=1S/C31H35N5O5/c1-20-5-4-6-24(32-27(37)22-10-13-35(2)14-11-22)16-21(15-20)9-12-31(29(39)33-30(40)34-31)19-36-18-23-7-8-25(41-3)17-26(23)28(36)38/h4,6-8,15-17,20,22H,5,10-11,13-14,18-19H2,1-3H3,(H,32,37)(H2,33,34,39,40). The smallest absolute Gasteiger partial charge is 0.323 e. The molecule has 1 aromatic carbocycles. The van der Waals surface area contributed by atoms with Crippen molar-refractivity contribution in [2.45, 2.75) is 38.3 Å². The van der Waals surface area contributed by atoms with E-state index in [0.29, 0.717) is 22.6 Å². The molecule has 3 N–H and O–H groups in total. The fraction of sp³-hybridized carbons (Fsp3) is 0.419. The number of amides is 5. The zero-order valence-electron chi connectivity index (χ0n) is 23.6. The highest BCUT2D eigenvalue weighted by atomic mass is 16.5. The maximum absolute atomic E-state index is 13.2. The van der Waals surface area contributed by atoms with Crippen molar-refractivity contribution in [3.8, 4) is 17.6 Å². The van der Waals surface area contributed by atoms with Gasteiger partial charge in [-0.15, -0.1) is 0 Å². The minimum absolute atomic E-state index is 0.0161. The number of hydrogen-bond donors (Lipinski definition) is 3.